The van der Waals surface area contributed by atoms with Gasteiger partial charge in [-0.25, -0.2) is 0 Å². The van der Waals surface area contributed by atoms with E-state index in [1.807, 2.05) is 0 Å². The van der Waals surface area contributed by atoms with Crippen molar-refractivity contribution in [1.29, 1.82) is 0 Å². The van der Waals surface area contributed by atoms with Crippen LogP contribution in [0.25, 0.3) is 21.5 Å². The number of carbonyl (C=O) groups is 2. The summed E-state index contributed by atoms with van der Waals surface area (Å²) in [5, 5.41) is 4.89. The Morgan fingerprint density at radius 1 is 0.897 bits per heavy atom. The average molecular weight is 392 g/mol. The molecule has 0 saturated carbocycles. The SMILES string of the molecule is CC(=O)[C@@H](N)CCCCCC(=O)OCCc1ccc2cc3ccccc3cc2c1. The molecule has 2 N–H and O–H groups in total. The van der Waals surface area contributed by atoms with E-state index in [4.69, 9.17) is 10.5 Å². The first-order valence-electron chi connectivity index (χ1n) is 10.4. The molecule has 0 aliphatic rings. The van der Waals surface area contributed by atoms with Crippen LogP contribution in [-0.2, 0) is 20.7 Å². The molecular weight excluding hydrogens is 362 g/mol. The third-order valence-corrected chi connectivity index (χ3v) is 5.34. The van der Waals surface area contributed by atoms with Gasteiger partial charge in [0.1, 0.15) is 5.78 Å². The largest absolute Gasteiger partial charge is 0.465 e. The molecule has 0 aromatic heterocycles. The summed E-state index contributed by atoms with van der Waals surface area (Å²) in [6.45, 7) is 1.91. The Hall–Kier alpha value is -2.72. The number of hydrogen-bond donors (Lipinski definition) is 1. The van der Waals surface area contributed by atoms with Crippen molar-refractivity contribution < 1.29 is 14.3 Å². The van der Waals surface area contributed by atoms with Crippen LogP contribution in [0.15, 0.2) is 54.6 Å². The van der Waals surface area contributed by atoms with Gasteiger partial charge < -0.3 is 10.5 Å². The quantitative estimate of drug-likeness (QED) is 0.302. The standard InChI is InChI=1S/C25H29NO3/c1-18(27)24(26)9-3-2-4-10-25(28)29-14-13-19-11-12-22-16-20-7-5-6-8-21(20)17-23(22)15-19/h5-8,11-12,15-17,24H,2-4,9-10,13-14,26H2,1H3/t24-/m0/s1. The number of ether oxygens (including phenoxy) is 1. The molecule has 0 bridgehead atoms. The summed E-state index contributed by atoms with van der Waals surface area (Å²) in [5.74, 6) is -0.140. The molecule has 0 radical (unpaired) electrons. The van der Waals surface area contributed by atoms with Gasteiger partial charge in [0.05, 0.1) is 12.6 Å². The van der Waals surface area contributed by atoms with E-state index in [0.29, 0.717) is 25.9 Å². The Morgan fingerprint density at radius 3 is 2.31 bits per heavy atom. The van der Waals surface area contributed by atoms with Gasteiger partial charge in [-0.1, -0.05) is 55.3 Å². The normalized spacial score (nSPS) is 12.2. The van der Waals surface area contributed by atoms with E-state index < -0.39 is 0 Å². The van der Waals surface area contributed by atoms with Gasteiger partial charge in [0.2, 0.25) is 0 Å². The van der Waals surface area contributed by atoms with Gasteiger partial charge in [0.25, 0.3) is 0 Å². The monoisotopic (exact) mass is 391 g/mol. The zero-order valence-electron chi connectivity index (χ0n) is 17.0. The van der Waals surface area contributed by atoms with Crippen LogP contribution in [0.2, 0.25) is 0 Å². The summed E-state index contributed by atoms with van der Waals surface area (Å²) in [6, 6.07) is 18.8. The lowest BCUT2D eigenvalue weighted by Gasteiger charge is -2.08. The molecule has 0 saturated heterocycles. The molecule has 0 spiro atoms. The zero-order valence-corrected chi connectivity index (χ0v) is 17.0. The third kappa shape index (κ3) is 6.13. The Morgan fingerprint density at radius 2 is 1.59 bits per heavy atom. The number of hydrogen-bond acceptors (Lipinski definition) is 4. The molecule has 0 fully saturated rings. The van der Waals surface area contributed by atoms with Crippen molar-refractivity contribution in [2.45, 2.75) is 51.5 Å². The van der Waals surface area contributed by atoms with Gasteiger partial charge in [-0.15, -0.1) is 0 Å². The van der Waals surface area contributed by atoms with Crippen LogP contribution >= 0.6 is 0 Å². The molecule has 29 heavy (non-hydrogen) atoms. The Balaban J connectivity index is 1.41. The zero-order chi connectivity index (χ0) is 20.6. The smallest absolute Gasteiger partial charge is 0.305 e. The van der Waals surface area contributed by atoms with Crippen LogP contribution in [0.4, 0.5) is 0 Å². The second kappa shape index (κ2) is 10.2. The minimum atomic E-state index is -0.373. The summed E-state index contributed by atoms with van der Waals surface area (Å²) in [7, 11) is 0. The number of Topliss-reactive ketones (excluding diaryl/α,β-unsaturated/α-hetero) is 1. The van der Waals surface area contributed by atoms with Crippen LogP contribution in [0.3, 0.4) is 0 Å². The summed E-state index contributed by atoms with van der Waals surface area (Å²) in [4.78, 5) is 23.0. The van der Waals surface area contributed by atoms with Crippen molar-refractivity contribution in [1.82, 2.24) is 0 Å². The average Bonchev–Trinajstić information content (AvgIpc) is 2.71. The predicted molar refractivity (Wildman–Crippen MR) is 118 cm³/mol. The maximum absolute atomic E-state index is 11.9. The molecule has 3 aromatic rings. The molecule has 3 aromatic carbocycles. The molecule has 0 unspecified atom stereocenters. The van der Waals surface area contributed by atoms with Crippen LogP contribution in [0, 0.1) is 0 Å². The number of fused-ring (bicyclic) bond motifs is 2. The second-order valence-electron chi connectivity index (χ2n) is 7.67. The molecular formula is C25H29NO3. The number of benzene rings is 3. The number of nitrogens with two attached hydrogens (primary N) is 1. The van der Waals surface area contributed by atoms with Crippen molar-refractivity contribution in [3.8, 4) is 0 Å². The van der Waals surface area contributed by atoms with Crippen molar-refractivity contribution in [3.05, 3.63) is 60.2 Å². The first kappa shape index (κ1) is 21.0. The van der Waals surface area contributed by atoms with Crippen LogP contribution in [-0.4, -0.2) is 24.4 Å². The van der Waals surface area contributed by atoms with Gasteiger partial charge in [-0.05, 0) is 59.0 Å². The number of ketones is 1. The summed E-state index contributed by atoms with van der Waals surface area (Å²) in [6.07, 6.45) is 4.32. The van der Waals surface area contributed by atoms with Crippen LogP contribution < -0.4 is 5.73 Å². The maximum Gasteiger partial charge on any atom is 0.305 e. The molecule has 0 aliphatic carbocycles. The molecule has 4 nitrogen and oxygen atoms in total. The van der Waals surface area contributed by atoms with E-state index in [9.17, 15) is 9.59 Å². The summed E-state index contributed by atoms with van der Waals surface area (Å²) >= 11 is 0. The third-order valence-electron chi connectivity index (χ3n) is 5.34. The van der Waals surface area contributed by atoms with Crippen molar-refractivity contribution in [3.63, 3.8) is 0 Å². The lowest BCUT2D eigenvalue weighted by molar-refractivity contribution is -0.143. The van der Waals surface area contributed by atoms with E-state index in [-0.39, 0.29) is 17.8 Å². The molecule has 0 heterocycles. The maximum atomic E-state index is 11.9. The van der Waals surface area contributed by atoms with Gasteiger partial charge >= 0.3 is 5.97 Å². The highest BCUT2D eigenvalue weighted by atomic mass is 16.5. The Bertz CT molecular complexity index is 996. The fourth-order valence-corrected chi connectivity index (χ4v) is 3.51. The van der Waals surface area contributed by atoms with Crippen molar-refractivity contribution >= 4 is 33.3 Å². The minimum Gasteiger partial charge on any atom is -0.465 e. The van der Waals surface area contributed by atoms with E-state index in [1.165, 1.54) is 34.0 Å². The number of esters is 1. The molecule has 4 heteroatoms. The Kier molecular flexibility index (Phi) is 7.36. The molecule has 0 aliphatic heterocycles. The first-order chi connectivity index (χ1) is 14.0. The highest BCUT2D eigenvalue weighted by Gasteiger charge is 2.08. The topological polar surface area (TPSA) is 69.4 Å². The molecule has 3 rings (SSSR count). The minimum absolute atomic E-state index is 0.0197. The first-order valence-corrected chi connectivity index (χ1v) is 10.4. The van der Waals surface area contributed by atoms with Crippen molar-refractivity contribution in [2.24, 2.45) is 5.73 Å². The van der Waals surface area contributed by atoms with Gasteiger partial charge in [-0.3, -0.25) is 9.59 Å². The van der Waals surface area contributed by atoms with E-state index in [2.05, 4.69) is 54.6 Å². The number of carbonyl (C=O) groups excluding carboxylic acids is 2. The van der Waals surface area contributed by atoms with E-state index >= 15 is 0 Å². The molecule has 0 amide bonds. The van der Waals surface area contributed by atoms with E-state index in [1.54, 1.807) is 0 Å². The van der Waals surface area contributed by atoms with Gasteiger partial charge in [0.15, 0.2) is 0 Å². The van der Waals surface area contributed by atoms with Crippen molar-refractivity contribution in [2.75, 3.05) is 6.61 Å². The summed E-state index contributed by atoms with van der Waals surface area (Å²) in [5.41, 5.74) is 6.87. The molecule has 1 atom stereocenters. The number of rotatable bonds is 10. The molecule has 152 valence electrons. The van der Waals surface area contributed by atoms with Gasteiger partial charge in [-0.2, -0.15) is 0 Å². The fraction of sp³-hybridized carbons (Fsp3) is 0.360. The highest BCUT2D eigenvalue weighted by Crippen LogP contribution is 2.24. The summed E-state index contributed by atoms with van der Waals surface area (Å²) < 4.78 is 5.38. The van der Waals surface area contributed by atoms with Gasteiger partial charge in [0, 0.05) is 12.8 Å². The Labute approximate surface area is 172 Å². The van der Waals surface area contributed by atoms with E-state index in [0.717, 1.165) is 19.3 Å². The number of unbranched alkanes of at least 4 members (excludes halogenated alkanes) is 2. The predicted octanol–water partition coefficient (Wildman–Crippen LogP) is 4.95. The van der Waals surface area contributed by atoms with Crippen LogP contribution in [0.5, 0.6) is 0 Å². The van der Waals surface area contributed by atoms with Crippen LogP contribution in [0.1, 0.15) is 44.6 Å². The lowest BCUT2D eigenvalue weighted by Crippen LogP contribution is -2.27. The lowest BCUT2D eigenvalue weighted by atomic mass is 10.0. The second-order valence-corrected chi connectivity index (χ2v) is 7.67. The highest BCUT2D eigenvalue weighted by molar-refractivity contribution is 5.98. The fourth-order valence-electron chi connectivity index (χ4n) is 3.51.